The average Bonchev–Trinajstić information content (AvgIpc) is 3.26. The molecule has 2 unspecified atom stereocenters. The summed E-state index contributed by atoms with van der Waals surface area (Å²) in [5.41, 5.74) is 1.35. The lowest BCUT2D eigenvalue weighted by Gasteiger charge is -2.29. The first-order valence-electron chi connectivity index (χ1n) is 10.6. The molecule has 5 heteroatoms. The van der Waals surface area contributed by atoms with E-state index in [1.54, 1.807) is 0 Å². The highest BCUT2D eigenvalue weighted by molar-refractivity contribution is 5.78. The minimum atomic E-state index is 0.0677. The second-order valence-electron chi connectivity index (χ2n) is 7.60. The number of hydrogen-bond donors (Lipinski definition) is 1. The number of rotatable bonds is 10. The van der Waals surface area contributed by atoms with Crippen LogP contribution in [0.2, 0.25) is 0 Å². The summed E-state index contributed by atoms with van der Waals surface area (Å²) < 4.78 is 5.63. The van der Waals surface area contributed by atoms with E-state index in [9.17, 15) is 4.79 Å². The molecule has 1 fully saturated rings. The second kappa shape index (κ2) is 11.0. The maximum atomic E-state index is 12.4. The Hall–Kier alpha value is -2.37. The lowest BCUT2D eigenvalue weighted by Crippen LogP contribution is -2.44. The van der Waals surface area contributed by atoms with Gasteiger partial charge in [0.25, 0.3) is 0 Å². The number of carbonyl (C=O) groups excluding carboxylic acids is 1. The zero-order chi connectivity index (χ0) is 20.5. The van der Waals surface area contributed by atoms with Crippen molar-refractivity contribution in [1.29, 1.82) is 0 Å². The zero-order valence-electron chi connectivity index (χ0n) is 17.6. The van der Waals surface area contributed by atoms with Crippen LogP contribution < -0.4 is 10.1 Å². The third-order valence-electron chi connectivity index (χ3n) is 5.73. The lowest BCUT2D eigenvalue weighted by atomic mass is 10.1. The number of para-hydroxylation sites is 1. The maximum absolute atomic E-state index is 12.4. The van der Waals surface area contributed by atoms with E-state index in [1.807, 2.05) is 30.3 Å². The van der Waals surface area contributed by atoms with Crippen molar-refractivity contribution in [3.8, 4) is 5.75 Å². The molecule has 156 valence electrons. The number of nitrogens with one attached hydrogen (secondary N) is 1. The molecule has 2 aromatic rings. The monoisotopic (exact) mass is 395 g/mol. The van der Waals surface area contributed by atoms with Crippen LogP contribution in [-0.4, -0.2) is 61.1 Å². The number of nitrogens with zero attached hydrogens (tertiary/aromatic N) is 2. The third kappa shape index (κ3) is 6.31. The van der Waals surface area contributed by atoms with E-state index in [0.717, 1.165) is 31.8 Å². The highest BCUT2D eigenvalue weighted by Gasteiger charge is 2.30. The number of amides is 1. The fraction of sp³-hybridized carbons (Fsp3) is 0.458. The predicted molar refractivity (Wildman–Crippen MR) is 117 cm³/mol. The minimum Gasteiger partial charge on any atom is -0.492 e. The first-order chi connectivity index (χ1) is 14.2. The highest BCUT2D eigenvalue weighted by Crippen LogP contribution is 2.26. The topological polar surface area (TPSA) is 44.8 Å². The number of likely N-dealkylation sites (tertiary alicyclic amines) is 1. The van der Waals surface area contributed by atoms with Gasteiger partial charge in [0.1, 0.15) is 12.4 Å². The van der Waals surface area contributed by atoms with Crippen LogP contribution in [0.3, 0.4) is 0 Å². The van der Waals surface area contributed by atoms with Crippen LogP contribution in [0.1, 0.15) is 31.9 Å². The van der Waals surface area contributed by atoms with E-state index in [0.29, 0.717) is 31.8 Å². The Balaban J connectivity index is 1.40. The molecule has 2 aromatic carbocycles. The molecule has 0 aliphatic carbocycles. The van der Waals surface area contributed by atoms with Crippen LogP contribution in [0.5, 0.6) is 5.75 Å². The molecule has 1 N–H and O–H groups in total. The molecule has 29 heavy (non-hydrogen) atoms. The Morgan fingerprint density at radius 3 is 2.55 bits per heavy atom. The molecule has 3 rings (SSSR count). The van der Waals surface area contributed by atoms with Gasteiger partial charge in [0.15, 0.2) is 0 Å². The van der Waals surface area contributed by atoms with E-state index in [2.05, 4.69) is 59.3 Å². The fourth-order valence-electron chi connectivity index (χ4n) is 3.98. The van der Waals surface area contributed by atoms with Crippen molar-refractivity contribution < 1.29 is 9.53 Å². The van der Waals surface area contributed by atoms with Crippen molar-refractivity contribution in [3.05, 3.63) is 66.2 Å². The maximum Gasteiger partial charge on any atom is 0.234 e. The standard InChI is InChI=1S/C24H33N3O2/c1-3-26(19-24(28)25-15-17-29-23-12-8-5-9-13-23)22-14-16-27(18-22)20(2)21-10-6-4-7-11-21/h4-13,20,22H,3,14-19H2,1-2H3,(H,25,28). The molecule has 2 atom stereocenters. The molecule has 1 amide bonds. The molecule has 0 aromatic heterocycles. The molecule has 1 saturated heterocycles. The van der Waals surface area contributed by atoms with E-state index < -0.39 is 0 Å². The van der Waals surface area contributed by atoms with Gasteiger partial charge in [0, 0.05) is 25.2 Å². The van der Waals surface area contributed by atoms with E-state index in [-0.39, 0.29) is 5.91 Å². The average molecular weight is 396 g/mol. The van der Waals surface area contributed by atoms with Gasteiger partial charge in [0.05, 0.1) is 13.1 Å². The molecule has 5 nitrogen and oxygen atoms in total. The van der Waals surface area contributed by atoms with Crippen LogP contribution in [0.4, 0.5) is 0 Å². The van der Waals surface area contributed by atoms with Crippen LogP contribution in [-0.2, 0) is 4.79 Å². The van der Waals surface area contributed by atoms with Crippen LogP contribution in [0.15, 0.2) is 60.7 Å². The number of benzene rings is 2. The van der Waals surface area contributed by atoms with Crippen molar-refractivity contribution in [2.45, 2.75) is 32.4 Å². The summed E-state index contributed by atoms with van der Waals surface area (Å²) in [6, 6.07) is 21.2. The van der Waals surface area contributed by atoms with E-state index in [4.69, 9.17) is 4.74 Å². The third-order valence-corrected chi connectivity index (χ3v) is 5.73. The predicted octanol–water partition coefficient (Wildman–Crippen LogP) is 3.34. The SMILES string of the molecule is CCN(CC(=O)NCCOc1ccccc1)C1CCN(C(C)c2ccccc2)C1. The Bertz CT molecular complexity index is 738. The van der Waals surface area contributed by atoms with Gasteiger partial charge in [0.2, 0.25) is 5.91 Å². The molecule has 0 radical (unpaired) electrons. The molecule has 1 aliphatic rings. The first kappa shape index (κ1) is 21.3. The normalized spacial score (nSPS) is 18.0. The molecular weight excluding hydrogens is 362 g/mol. The van der Waals surface area contributed by atoms with Gasteiger partial charge in [-0.15, -0.1) is 0 Å². The zero-order valence-corrected chi connectivity index (χ0v) is 17.6. The first-order valence-corrected chi connectivity index (χ1v) is 10.6. The number of hydrogen-bond acceptors (Lipinski definition) is 4. The van der Waals surface area contributed by atoms with Gasteiger partial charge in [-0.2, -0.15) is 0 Å². The Morgan fingerprint density at radius 1 is 1.17 bits per heavy atom. The molecular formula is C24H33N3O2. The summed E-state index contributed by atoms with van der Waals surface area (Å²) >= 11 is 0. The van der Waals surface area contributed by atoms with Crippen molar-refractivity contribution in [2.75, 3.05) is 39.3 Å². The Labute approximate surface area is 174 Å². The molecule has 1 heterocycles. The number of likely N-dealkylation sites (N-methyl/N-ethyl adjacent to an activating group) is 1. The molecule has 0 bridgehead atoms. The largest absolute Gasteiger partial charge is 0.492 e. The van der Waals surface area contributed by atoms with Gasteiger partial charge in [-0.3, -0.25) is 14.6 Å². The van der Waals surface area contributed by atoms with E-state index >= 15 is 0 Å². The molecule has 0 saturated carbocycles. The van der Waals surface area contributed by atoms with Gasteiger partial charge in [-0.1, -0.05) is 55.5 Å². The minimum absolute atomic E-state index is 0.0677. The van der Waals surface area contributed by atoms with Crippen molar-refractivity contribution in [1.82, 2.24) is 15.1 Å². The number of ether oxygens (including phenoxy) is 1. The summed E-state index contributed by atoms with van der Waals surface area (Å²) in [6.45, 7) is 8.81. The number of carbonyl (C=O) groups is 1. The quantitative estimate of drug-likeness (QED) is 0.627. The highest BCUT2D eigenvalue weighted by atomic mass is 16.5. The van der Waals surface area contributed by atoms with Gasteiger partial charge in [-0.25, -0.2) is 0 Å². The van der Waals surface area contributed by atoms with Crippen LogP contribution >= 0.6 is 0 Å². The molecule has 1 aliphatic heterocycles. The van der Waals surface area contributed by atoms with Gasteiger partial charge in [-0.05, 0) is 37.6 Å². The fourth-order valence-corrected chi connectivity index (χ4v) is 3.98. The lowest BCUT2D eigenvalue weighted by molar-refractivity contribution is -0.122. The van der Waals surface area contributed by atoms with E-state index in [1.165, 1.54) is 5.56 Å². The smallest absolute Gasteiger partial charge is 0.234 e. The summed E-state index contributed by atoms with van der Waals surface area (Å²) in [5.74, 6) is 0.897. The van der Waals surface area contributed by atoms with Crippen molar-refractivity contribution in [2.24, 2.45) is 0 Å². The second-order valence-corrected chi connectivity index (χ2v) is 7.60. The Morgan fingerprint density at radius 2 is 1.86 bits per heavy atom. The Kier molecular flexibility index (Phi) is 8.08. The summed E-state index contributed by atoms with van der Waals surface area (Å²) in [4.78, 5) is 17.2. The van der Waals surface area contributed by atoms with Gasteiger partial charge >= 0.3 is 0 Å². The van der Waals surface area contributed by atoms with Gasteiger partial charge < -0.3 is 10.1 Å². The summed E-state index contributed by atoms with van der Waals surface area (Å²) in [6.07, 6.45) is 1.11. The van der Waals surface area contributed by atoms with Crippen molar-refractivity contribution in [3.63, 3.8) is 0 Å². The van der Waals surface area contributed by atoms with Crippen molar-refractivity contribution >= 4 is 5.91 Å². The molecule has 0 spiro atoms. The summed E-state index contributed by atoms with van der Waals surface area (Å²) in [5, 5.41) is 2.98. The van der Waals surface area contributed by atoms with Crippen LogP contribution in [0, 0.1) is 0 Å². The van der Waals surface area contributed by atoms with Crippen LogP contribution in [0.25, 0.3) is 0 Å². The summed E-state index contributed by atoms with van der Waals surface area (Å²) in [7, 11) is 0.